The number of hydrogen-bond donors (Lipinski definition) is 0. The van der Waals surface area contributed by atoms with Gasteiger partial charge in [-0.05, 0) is 18.6 Å². The zero-order valence-corrected chi connectivity index (χ0v) is 13.2. The molecule has 0 aromatic heterocycles. The quantitative estimate of drug-likeness (QED) is 0.412. The van der Waals surface area contributed by atoms with E-state index in [1.807, 2.05) is 30.3 Å². The second-order valence-electron chi connectivity index (χ2n) is 5.30. The van der Waals surface area contributed by atoms with Crippen LogP contribution in [0.2, 0.25) is 0 Å². The van der Waals surface area contributed by atoms with E-state index < -0.39 is 0 Å². The number of carbonyl (C=O) groups is 1. The van der Waals surface area contributed by atoms with E-state index in [1.54, 1.807) is 0 Å². The van der Waals surface area contributed by atoms with Crippen LogP contribution in [0.1, 0.15) is 58.3 Å². The zero-order valence-electron chi connectivity index (χ0n) is 13.2. The molecule has 0 bridgehead atoms. The highest BCUT2D eigenvalue weighted by molar-refractivity contribution is 5.71. The van der Waals surface area contributed by atoms with Gasteiger partial charge >= 0.3 is 5.97 Å². The fraction of sp³-hybridized carbons (Fsp3) is 0.611. The Kier molecular flexibility index (Phi) is 10.2. The van der Waals surface area contributed by atoms with Gasteiger partial charge in [0, 0.05) is 0 Å². The smallest absolute Gasteiger partial charge is 0.344 e. The lowest BCUT2D eigenvalue weighted by Gasteiger charge is -2.07. The zero-order chi connectivity index (χ0) is 15.2. The Bertz CT molecular complexity index is 362. The summed E-state index contributed by atoms with van der Waals surface area (Å²) in [5.74, 6) is 0.406. The minimum Gasteiger partial charge on any atom is -0.482 e. The SMILES string of the molecule is CCCCCCCCCCOC(=O)COc1ccccc1. The minimum atomic E-state index is -0.290. The van der Waals surface area contributed by atoms with Crippen LogP contribution in [0.15, 0.2) is 30.3 Å². The molecule has 21 heavy (non-hydrogen) atoms. The summed E-state index contributed by atoms with van der Waals surface area (Å²) in [6.45, 7) is 2.73. The highest BCUT2D eigenvalue weighted by Gasteiger charge is 2.03. The number of rotatable bonds is 12. The molecule has 0 heterocycles. The average molecular weight is 292 g/mol. The largest absolute Gasteiger partial charge is 0.482 e. The Morgan fingerprint density at radius 3 is 2.19 bits per heavy atom. The summed E-state index contributed by atoms with van der Waals surface area (Å²) >= 11 is 0. The van der Waals surface area contributed by atoms with E-state index in [4.69, 9.17) is 9.47 Å². The van der Waals surface area contributed by atoms with E-state index in [-0.39, 0.29) is 12.6 Å². The molecule has 0 radical (unpaired) electrons. The fourth-order valence-corrected chi connectivity index (χ4v) is 2.12. The predicted molar refractivity (Wildman–Crippen MR) is 85.5 cm³/mol. The number of para-hydroxylation sites is 1. The first-order valence-electron chi connectivity index (χ1n) is 8.16. The maximum Gasteiger partial charge on any atom is 0.344 e. The van der Waals surface area contributed by atoms with Crippen LogP contribution >= 0.6 is 0 Å². The molecule has 0 aliphatic heterocycles. The van der Waals surface area contributed by atoms with E-state index in [0.29, 0.717) is 12.4 Å². The third-order valence-corrected chi connectivity index (χ3v) is 3.36. The van der Waals surface area contributed by atoms with Crippen molar-refractivity contribution >= 4 is 5.97 Å². The van der Waals surface area contributed by atoms with Crippen LogP contribution < -0.4 is 4.74 Å². The van der Waals surface area contributed by atoms with Crippen LogP contribution in [0.4, 0.5) is 0 Å². The van der Waals surface area contributed by atoms with Gasteiger partial charge < -0.3 is 9.47 Å². The normalized spacial score (nSPS) is 10.3. The van der Waals surface area contributed by atoms with Crippen molar-refractivity contribution < 1.29 is 14.3 Å². The van der Waals surface area contributed by atoms with Crippen LogP contribution in [0.3, 0.4) is 0 Å². The summed E-state index contributed by atoms with van der Waals surface area (Å²) in [5.41, 5.74) is 0. The van der Waals surface area contributed by atoms with Crippen molar-refractivity contribution in [1.82, 2.24) is 0 Å². The molecule has 0 atom stereocenters. The lowest BCUT2D eigenvalue weighted by molar-refractivity contribution is -0.146. The molecule has 3 nitrogen and oxygen atoms in total. The van der Waals surface area contributed by atoms with Crippen molar-refractivity contribution in [3.63, 3.8) is 0 Å². The molecule has 0 saturated carbocycles. The Morgan fingerprint density at radius 1 is 0.905 bits per heavy atom. The number of esters is 1. The molecule has 1 rings (SSSR count). The van der Waals surface area contributed by atoms with Gasteiger partial charge in [0.2, 0.25) is 0 Å². The van der Waals surface area contributed by atoms with Crippen LogP contribution in [0, 0.1) is 0 Å². The molecule has 1 aromatic rings. The highest BCUT2D eigenvalue weighted by Crippen LogP contribution is 2.09. The van der Waals surface area contributed by atoms with Gasteiger partial charge in [-0.1, -0.05) is 70.1 Å². The van der Waals surface area contributed by atoms with E-state index in [2.05, 4.69) is 6.92 Å². The second kappa shape index (κ2) is 12.2. The lowest BCUT2D eigenvalue weighted by Crippen LogP contribution is -2.15. The van der Waals surface area contributed by atoms with Crippen LogP contribution in [-0.2, 0) is 9.53 Å². The van der Waals surface area contributed by atoms with Gasteiger partial charge in [-0.15, -0.1) is 0 Å². The Morgan fingerprint density at radius 2 is 1.52 bits per heavy atom. The number of carbonyl (C=O) groups excluding carboxylic acids is 1. The van der Waals surface area contributed by atoms with Gasteiger partial charge in [0.25, 0.3) is 0 Å². The maximum absolute atomic E-state index is 11.5. The van der Waals surface area contributed by atoms with Gasteiger partial charge in [0.15, 0.2) is 6.61 Å². The van der Waals surface area contributed by atoms with Gasteiger partial charge in [-0.3, -0.25) is 0 Å². The standard InChI is InChI=1S/C18H28O3/c1-2-3-4-5-6-7-8-12-15-20-18(19)16-21-17-13-10-9-11-14-17/h9-11,13-14H,2-8,12,15-16H2,1H3. The number of benzene rings is 1. The summed E-state index contributed by atoms with van der Waals surface area (Å²) in [5, 5.41) is 0. The number of ether oxygens (including phenoxy) is 2. The molecule has 0 aliphatic carbocycles. The number of unbranched alkanes of at least 4 members (excludes halogenated alkanes) is 7. The van der Waals surface area contributed by atoms with E-state index in [0.717, 1.165) is 12.8 Å². The van der Waals surface area contributed by atoms with Crippen LogP contribution in [-0.4, -0.2) is 19.2 Å². The topological polar surface area (TPSA) is 35.5 Å². The molecule has 0 unspecified atom stereocenters. The van der Waals surface area contributed by atoms with Crippen LogP contribution in [0.5, 0.6) is 5.75 Å². The van der Waals surface area contributed by atoms with Crippen molar-refractivity contribution in [1.29, 1.82) is 0 Å². The molecule has 118 valence electrons. The molecular formula is C18H28O3. The van der Waals surface area contributed by atoms with Crippen molar-refractivity contribution in [3.8, 4) is 5.75 Å². The van der Waals surface area contributed by atoms with Crippen LogP contribution in [0.25, 0.3) is 0 Å². The van der Waals surface area contributed by atoms with Gasteiger partial charge in [-0.25, -0.2) is 4.79 Å². The lowest BCUT2D eigenvalue weighted by atomic mass is 10.1. The molecule has 0 saturated heterocycles. The predicted octanol–water partition coefficient (Wildman–Crippen LogP) is 4.75. The molecular weight excluding hydrogens is 264 g/mol. The maximum atomic E-state index is 11.5. The summed E-state index contributed by atoms with van der Waals surface area (Å²) in [6, 6.07) is 9.31. The molecule has 3 heteroatoms. The van der Waals surface area contributed by atoms with Gasteiger partial charge in [-0.2, -0.15) is 0 Å². The summed E-state index contributed by atoms with van der Waals surface area (Å²) in [6.07, 6.45) is 9.94. The Labute approximate surface area is 128 Å². The Balaban J connectivity index is 1.89. The van der Waals surface area contributed by atoms with E-state index >= 15 is 0 Å². The van der Waals surface area contributed by atoms with E-state index in [9.17, 15) is 4.79 Å². The molecule has 0 spiro atoms. The summed E-state index contributed by atoms with van der Waals surface area (Å²) < 4.78 is 10.5. The average Bonchev–Trinajstić information content (AvgIpc) is 2.52. The van der Waals surface area contributed by atoms with Crippen molar-refractivity contribution in [3.05, 3.63) is 30.3 Å². The van der Waals surface area contributed by atoms with Gasteiger partial charge in [0.05, 0.1) is 6.61 Å². The first kappa shape index (κ1) is 17.5. The van der Waals surface area contributed by atoms with Crippen molar-refractivity contribution in [2.45, 2.75) is 58.3 Å². The van der Waals surface area contributed by atoms with Crippen molar-refractivity contribution in [2.24, 2.45) is 0 Å². The third kappa shape index (κ3) is 9.94. The Hall–Kier alpha value is -1.51. The first-order valence-corrected chi connectivity index (χ1v) is 8.16. The molecule has 0 N–H and O–H groups in total. The highest BCUT2D eigenvalue weighted by atomic mass is 16.6. The monoisotopic (exact) mass is 292 g/mol. The first-order chi connectivity index (χ1) is 10.3. The number of hydrogen-bond acceptors (Lipinski definition) is 3. The second-order valence-corrected chi connectivity index (χ2v) is 5.30. The van der Waals surface area contributed by atoms with E-state index in [1.165, 1.54) is 38.5 Å². The summed E-state index contributed by atoms with van der Waals surface area (Å²) in [7, 11) is 0. The van der Waals surface area contributed by atoms with Crippen molar-refractivity contribution in [2.75, 3.05) is 13.2 Å². The van der Waals surface area contributed by atoms with Gasteiger partial charge in [0.1, 0.15) is 5.75 Å². The molecule has 0 fully saturated rings. The fourth-order valence-electron chi connectivity index (χ4n) is 2.12. The molecule has 0 amide bonds. The molecule has 0 aliphatic rings. The molecule has 1 aromatic carbocycles. The minimum absolute atomic E-state index is 0.0129. The third-order valence-electron chi connectivity index (χ3n) is 3.36. The summed E-state index contributed by atoms with van der Waals surface area (Å²) in [4.78, 5) is 11.5.